The van der Waals surface area contributed by atoms with Crippen LogP contribution in [-0.4, -0.2) is 39.0 Å². The van der Waals surface area contributed by atoms with Crippen molar-refractivity contribution >= 4 is 0 Å². The van der Waals surface area contributed by atoms with Gasteiger partial charge in [-0.05, 0) is 38.0 Å². The molecule has 1 aliphatic heterocycles. The lowest BCUT2D eigenvalue weighted by Gasteiger charge is -2.19. The molecule has 1 atom stereocenters. The number of hydrogen-bond donors (Lipinski definition) is 0. The second kappa shape index (κ2) is 7.92. The van der Waals surface area contributed by atoms with E-state index in [9.17, 15) is 0 Å². The Bertz CT molecular complexity index is 875. The van der Waals surface area contributed by atoms with Crippen LogP contribution in [0, 0.1) is 0 Å². The molecule has 0 radical (unpaired) electrons. The summed E-state index contributed by atoms with van der Waals surface area (Å²) < 4.78 is 8.10. The Morgan fingerprint density at radius 3 is 2.63 bits per heavy atom. The molecule has 140 valence electrons. The number of aromatic nitrogens is 3. The third-order valence-corrected chi connectivity index (χ3v) is 5.21. The summed E-state index contributed by atoms with van der Waals surface area (Å²) in [4.78, 5) is 2.49. The molecule has 2 heterocycles. The van der Waals surface area contributed by atoms with Crippen molar-refractivity contribution in [1.29, 1.82) is 0 Å². The first kappa shape index (κ1) is 17.7. The first-order chi connectivity index (χ1) is 13.2. The molecule has 0 spiro atoms. The summed E-state index contributed by atoms with van der Waals surface area (Å²) in [5, 5.41) is 8.84. The first-order valence-electron chi connectivity index (χ1n) is 9.62. The molecule has 4 rings (SSSR count). The fourth-order valence-electron chi connectivity index (χ4n) is 3.57. The molecule has 1 saturated heterocycles. The molecule has 1 aliphatic rings. The van der Waals surface area contributed by atoms with Crippen LogP contribution in [0.15, 0.2) is 60.8 Å². The van der Waals surface area contributed by atoms with Crippen LogP contribution in [0.5, 0.6) is 5.75 Å². The average Bonchev–Trinajstić information content (AvgIpc) is 3.37. The Morgan fingerprint density at radius 2 is 1.85 bits per heavy atom. The van der Waals surface area contributed by atoms with Gasteiger partial charge in [0.2, 0.25) is 0 Å². The van der Waals surface area contributed by atoms with Gasteiger partial charge in [-0.3, -0.25) is 4.90 Å². The minimum atomic E-state index is 0.394. The summed E-state index contributed by atoms with van der Waals surface area (Å²) >= 11 is 0. The number of ether oxygens (including phenoxy) is 1. The van der Waals surface area contributed by atoms with Gasteiger partial charge in [-0.1, -0.05) is 47.7 Å². The molecule has 0 bridgehead atoms. The van der Waals surface area contributed by atoms with Crippen molar-refractivity contribution in [1.82, 2.24) is 19.9 Å². The van der Waals surface area contributed by atoms with Crippen LogP contribution in [0.2, 0.25) is 0 Å². The number of hydrogen-bond acceptors (Lipinski definition) is 4. The van der Waals surface area contributed by atoms with E-state index in [2.05, 4.69) is 47.4 Å². The lowest BCUT2D eigenvalue weighted by Crippen LogP contribution is -2.28. The average molecular weight is 362 g/mol. The molecule has 0 aliphatic carbocycles. The Labute approximate surface area is 160 Å². The van der Waals surface area contributed by atoms with E-state index in [0.29, 0.717) is 18.7 Å². The van der Waals surface area contributed by atoms with E-state index in [1.165, 1.54) is 0 Å². The van der Waals surface area contributed by atoms with Crippen molar-refractivity contribution in [3.8, 4) is 17.0 Å². The van der Waals surface area contributed by atoms with Crippen molar-refractivity contribution in [2.24, 2.45) is 0 Å². The van der Waals surface area contributed by atoms with E-state index in [1.807, 2.05) is 47.1 Å². The second-order valence-corrected chi connectivity index (χ2v) is 7.39. The molecule has 0 N–H and O–H groups in total. The van der Waals surface area contributed by atoms with Gasteiger partial charge in [0.25, 0.3) is 0 Å². The van der Waals surface area contributed by atoms with Crippen molar-refractivity contribution in [3.63, 3.8) is 0 Å². The van der Waals surface area contributed by atoms with Gasteiger partial charge >= 0.3 is 0 Å². The van der Waals surface area contributed by atoms with E-state index in [1.54, 1.807) is 0 Å². The molecule has 5 nitrogen and oxygen atoms in total. The van der Waals surface area contributed by atoms with Gasteiger partial charge in [0.1, 0.15) is 18.1 Å². The Morgan fingerprint density at radius 1 is 1.07 bits per heavy atom. The third-order valence-electron chi connectivity index (χ3n) is 5.21. The molecular formula is C22H26N4O. The van der Waals surface area contributed by atoms with Crippen LogP contribution in [0.25, 0.3) is 11.3 Å². The van der Waals surface area contributed by atoms with Gasteiger partial charge in [-0.25, -0.2) is 4.68 Å². The minimum Gasteiger partial charge on any atom is -0.488 e. The first-order valence-corrected chi connectivity index (χ1v) is 9.62. The predicted molar refractivity (Wildman–Crippen MR) is 107 cm³/mol. The zero-order valence-corrected chi connectivity index (χ0v) is 16.0. The van der Waals surface area contributed by atoms with E-state index < -0.39 is 0 Å². The quantitative estimate of drug-likeness (QED) is 0.660. The van der Waals surface area contributed by atoms with E-state index in [4.69, 9.17) is 4.74 Å². The zero-order valence-electron chi connectivity index (χ0n) is 16.0. The van der Waals surface area contributed by atoms with Crippen LogP contribution in [-0.2, 0) is 6.61 Å². The number of nitrogens with zero attached hydrogens (tertiary/aromatic N) is 4. The monoisotopic (exact) mass is 362 g/mol. The number of likely N-dealkylation sites (tertiary alicyclic amines) is 1. The molecule has 5 heteroatoms. The van der Waals surface area contributed by atoms with E-state index >= 15 is 0 Å². The van der Waals surface area contributed by atoms with E-state index in [-0.39, 0.29) is 0 Å². The summed E-state index contributed by atoms with van der Waals surface area (Å²) in [7, 11) is 0. The molecule has 1 aromatic heterocycles. The normalized spacial score (nSPS) is 17.5. The van der Waals surface area contributed by atoms with Crippen LogP contribution in [0.3, 0.4) is 0 Å². The molecule has 3 aromatic rings. The van der Waals surface area contributed by atoms with Gasteiger partial charge in [0.15, 0.2) is 0 Å². The van der Waals surface area contributed by atoms with Gasteiger partial charge in [-0.2, -0.15) is 0 Å². The Hall–Kier alpha value is -2.66. The highest BCUT2D eigenvalue weighted by Gasteiger charge is 2.26. The summed E-state index contributed by atoms with van der Waals surface area (Å²) in [6.45, 7) is 7.18. The zero-order chi connectivity index (χ0) is 18.6. The van der Waals surface area contributed by atoms with Gasteiger partial charge in [0.05, 0.1) is 12.2 Å². The standard InChI is InChI=1S/C22H26N4O/c1-17(2)25-13-12-19(14-25)26-15-21(23-24-26)20-10-6-7-11-22(20)27-16-18-8-4-3-5-9-18/h3-11,15,17,19H,12-14,16H2,1-2H3. The van der Waals surface area contributed by atoms with Crippen LogP contribution in [0.1, 0.15) is 31.9 Å². The number of rotatable bonds is 6. The number of benzene rings is 2. The van der Waals surface area contributed by atoms with Crippen LogP contribution in [0.4, 0.5) is 0 Å². The molecule has 1 unspecified atom stereocenters. The van der Waals surface area contributed by atoms with Crippen LogP contribution < -0.4 is 4.74 Å². The minimum absolute atomic E-state index is 0.394. The highest BCUT2D eigenvalue weighted by atomic mass is 16.5. The lowest BCUT2D eigenvalue weighted by molar-refractivity contribution is 0.262. The number of para-hydroxylation sites is 1. The van der Waals surface area contributed by atoms with Crippen molar-refractivity contribution in [2.75, 3.05) is 13.1 Å². The van der Waals surface area contributed by atoms with Gasteiger partial charge in [0, 0.05) is 24.7 Å². The predicted octanol–water partition coefficient (Wildman–Crippen LogP) is 4.18. The molecule has 27 heavy (non-hydrogen) atoms. The maximum atomic E-state index is 6.08. The van der Waals surface area contributed by atoms with Crippen molar-refractivity contribution in [2.45, 2.75) is 39.0 Å². The largest absolute Gasteiger partial charge is 0.488 e. The molecule has 2 aromatic carbocycles. The summed E-state index contributed by atoms with van der Waals surface area (Å²) in [5.74, 6) is 0.837. The SMILES string of the molecule is CC(C)N1CCC(n2cc(-c3ccccc3OCc3ccccc3)nn2)C1. The Balaban J connectivity index is 1.50. The molecular weight excluding hydrogens is 336 g/mol. The highest BCUT2D eigenvalue weighted by Crippen LogP contribution is 2.30. The highest BCUT2D eigenvalue weighted by molar-refractivity contribution is 5.66. The molecule has 1 fully saturated rings. The summed E-state index contributed by atoms with van der Waals surface area (Å²) in [6.07, 6.45) is 3.17. The molecule has 0 saturated carbocycles. The van der Waals surface area contributed by atoms with Crippen molar-refractivity contribution in [3.05, 3.63) is 66.4 Å². The maximum absolute atomic E-state index is 6.08. The fourth-order valence-corrected chi connectivity index (χ4v) is 3.57. The van der Waals surface area contributed by atoms with Crippen LogP contribution >= 0.6 is 0 Å². The lowest BCUT2D eigenvalue weighted by atomic mass is 10.1. The van der Waals surface area contributed by atoms with Crippen molar-refractivity contribution < 1.29 is 4.74 Å². The van der Waals surface area contributed by atoms with Gasteiger partial charge in [-0.15, -0.1) is 5.10 Å². The second-order valence-electron chi connectivity index (χ2n) is 7.39. The topological polar surface area (TPSA) is 43.2 Å². The maximum Gasteiger partial charge on any atom is 0.129 e. The van der Waals surface area contributed by atoms with Gasteiger partial charge < -0.3 is 4.74 Å². The van der Waals surface area contributed by atoms with E-state index in [0.717, 1.165) is 42.1 Å². The third kappa shape index (κ3) is 4.03. The fraction of sp³-hybridized carbons (Fsp3) is 0.364. The summed E-state index contributed by atoms with van der Waals surface area (Å²) in [6, 6.07) is 19.2. The Kier molecular flexibility index (Phi) is 5.21. The summed E-state index contributed by atoms with van der Waals surface area (Å²) in [5.41, 5.74) is 3.00. The smallest absolute Gasteiger partial charge is 0.129 e. The molecule has 0 amide bonds.